The highest BCUT2D eigenvalue weighted by Crippen LogP contribution is 2.25. The molecule has 0 spiro atoms. The van der Waals surface area contributed by atoms with E-state index in [0.717, 1.165) is 10.9 Å². The minimum atomic E-state index is -0.878. The molecule has 2 aromatic heterocycles. The number of hydrogen-bond donors (Lipinski definition) is 0. The summed E-state index contributed by atoms with van der Waals surface area (Å²) < 4.78 is 1.95. The van der Waals surface area contributed by atoms with Gasteiger partial charge in [-0.3, -0.25) is 9.78 Å². The first kappa shape index (κ1) is 13.1. The molecule has 3 aromatic rings. The number of rotatable bonds is 3. The molecule has 0 saturated heterocycles. The van der Waals surface area contributed by atoms with Crippen LogP contribution in [-0.4, -0.2) is 15.3 Å². The van der Waals surface area contributed by atoms with E-state index in [1.165, 1.54) is 0 Å². The van der Waals surface area contributed by atoms with Crippen molar-refractivity contribution in [2.24, 2.45) is 7.05 Å². The Labute approximate surface area is 122 Å². The maximum Gasteiger partial charge on any atom is 0.186 e. The summed E-state index contributed by atoms with van der Waals surface area (Å²) in [6.07, 6.45) is 3.50. The molecule has 102 valence electrons. The molecule has 3 rings (SSSR count). The third kappa shape index (κ3) is 2.19. The minimum absolute atomic E-state index is 0.215. The van der Waals surface area contributed by atoms with Crippen molar-refractivity contribution < 1.29 is 4.79 Å². The highest BCUT2D eigenvalue weighted by molar-refractivity contribution is 6.11. The van der Waals surface area contributed by atoms with Crippen LogP contribution in [0, 0.1) is 11.3 Å². The summed E-state index contributed by atoms with van der Waals surface area (Å²) in [5.74, 6) is -1.09. The van der Waals surface area contributed by atoms with Crippen LogP contribution in [0.1, 0.15) is 22.0 Å². The second kappa shape index (κ2) is 5.22. The lowest BCUT2D eigenvalue weighted by Gasteiger charge is -2.09. The van der Waals surface area contributed by atoms with E-state index >= 15 is 0 Å². The van der Waals surface area contributed by atoms with E-state index in [0.29, 0.717) is 11.3 Å². The SMILES string of the molecule is Cn1ccc2c(C(=O)C(C#N)c3ccccn3)cccc21. The monoisotopic (exact) mass is 275 g/mol. The average Bonchev–Trinajstić information content (AvgIpc) is 2.91. The number of nitrogens with zero attached hydrogens (tertiary/aromatic N) is 3. The maximum atomic E-state index is 12.7. The van der Waals surface area contributed by atoms with Gasteiger partial charge in [-0.15, -0.1) is 0 Å². The topological polar surface area (TPSA) is 58.7 Å². The number of Topliss-reactive ketones (excluding diaryl/α,β-unsaturated/α-hetero) is 1. The first-order valence-electron chi connectivity index (χ1n) is 6.61. The molecule has 0 radical (unpaired) electrons. The summed E-state index contributed by atoms with van der Waals surface area (Å²) in [7, 11) is 1.93. The Morgan fingerprint density at radius 1 is 1.24 bits per heavy atom. The zero-order valence-electron chi connectivity index (χ0n) is 11.5. The van der Waals surface area contributed by atoms with Crippen molar-refractivity contribution in [2.45, 2.75) is 5.92 Å². The number of nitriles is 1. The Bertz CT molecular complexity index is 843. The highest BCUT2D eigenvalue weighted by Gasteiger charge is 2.24. The van der Waals surface area contributed by atoms with Crippen LogP contribution in [0.4, 0.5) is 0 Å². The van der Waals surface area contributed by atoms with Crippen LogP contribution < -0.4 is 0 Å². The number of aryl methyl sites for hydroxylation is 1. The second-order valence-electron chi connectivity index (χ2n) is 4.85. The van der Waals surface area contributed by atoms with Crippen LogP contribution in [-0.2, 0) is 7.05 Å². The Kier molecular flexibility index (Phi) is 3.25. The van der Waals surface area contributed by atoms with E-state index in [2.05, 4.69) is 11.1 Å². The van der Waals surface area contributed by atoms with E-state index in [-0.39, 0.29) is 5.78 Å². The van der Waals surface area contributed by atoms with Gasteiger partial charge >= 0.3 is 0 Å². The molecule has 0 bridgehead atoms. The number of fused-ring (bicyclic) bond motifs is 1. The van der Waals surface area contributed by atoms with Crippen molar-refractivity contribution in [3.8, 4) is 6.07 Å². The maximum absolute atomic E-state index is 12.7. The molecule has 4 nitrogen and oxygen atoms in total. The van der Waals surface area contributed by atoms with Crippen molar-refractivity contribution in [2.75, 3.05) is 0 Å². The molecular formula is C17H13N3O. The zero-order valence-corrected chi connectivity index (χ0v) is 11.5. The van der Waals surface area contributed by atoms with Crippen molar-refractivity contribution in [1.29, 1.82) is 5.26 Å². The van der Waals surface area contributed by atoms with Gasteiger partial charge in [0, 0.05) is 35.9 Å². The summed E-state index contributed by atoms with van der Waals surface area (Å²) in [5, 5.41) is 10.2. The molecule has 21 heavy (non-hydrogen) atoms. The molecule has 0 saturated carbocycles. The van der Waals surface area contributed by atoms with Gasteiger partial charge in [-0.2, -0.15) is 5.26 Å². The van der Waals surface area contributed by atoms with E-state index in [4.69, 9.17) is 0 Å². The van der Waals surface area contributed by atoms with E-state index < -0.39 is 5.92 Å². The fraction of sp³-hybridized carbons (Fsp3) is 0.118. The van der Waals surface area contributed by atoms with Crippen molar-refractivity contribution in [3.05, 3.63) is 66.1 Å². The van der Waals surface area contributed by atoms with Crippen LogP contribution >= 0.6 is 0 Å². The molecule has 0 amide bonds. The van der Waals surface area contributed by atoms with Crippen molar-refractivity contribution >= 4 is 16.7 Å². The normalized spacial score (nSPS) is 12.0. The van der Waals surface area contributed by atoms with Gasteiger partial charge in [-0.1, -0.05) is 18.2 Å². The molecule has 0 N–H and O–H groups in total. The summed E-state index contributed by atoms with van der Waals surface area (Å²) in [6.45, 7) is 0. The molecule has 4 heteroatoms. The molecule has 0 aliphatic heterocycles. The standard InChI is InChI=1S/C17H13N3O/c1-20-10-8-12-13(5-4-7-16(12)20)17(21)14(11-18)15-6-2-3-9-19-15/h2-10,14H,1H3. The lowest BCUT2D eigenvalue weighted by Crippen LogP contribution is -2.12. The Morgan fingerprint density at radius 2 is 2.10 bits per heavy atom. The van der Waals surface area contributed by atoms with E-state index in [1.54, 1.807) is 30.5 Å². The quantitative estimate of drug-likeness (QED) is 0.690. The predicted octanol–water partition coefficient (Wildman–Crippen LogP) is 3.06. The summed E-state index contributed by atoms with van der Waals surface area (Å²) in [5.41, 5.74) is 2.02. The molecule has 2 heterocycles. The number of aromatic nitrogens is 2. The molecule has 1 aromatic carbocycles. The molecular weight excluding hydrogens is 262 g/mol. The van der Waals surface area contributed by atoms with Gasteiger partial charge in [0.25, 0.3) is 0 Å². The van der Waals surface area contributed by atoms with Gasteiger partial charge in [0.15, 0.2) is 11.7 Å². The van der Waals surface area contributed by atoms with Gasteiger partial charge in [0.05, 0.1) is 11.8 Å². The third-order valence-electron chi connectivity index (χ3n) is 3.57. The summed E-state index contributed by atoms with van der Waals surface area (Å²) in [6, 6.07) is 14.8. The summed E-state index contributed by atoms with van der Waals surface area (Å²) in [4.78, 5) is 16.9. The Hall–Kier alpha value is -2.93. The molecule has 1 atom stereocenters. The lowest BCUT2D eigenvalue weighted by atomic mass is 9.93. The van der Waals surface area contributed by atoms with Gasteiger partial charge in [-0.25, -0.2) is 0 Å². The number of carbonyl (C=O) groups excluding carboxylic acids is 1. The first-order valence-corrected chi connectivity index (χ1v) is 6.61. The number of carbonyl (C=O) groups is 1. The molecule has 1 unspecified atom stereocenters. The third-order valence-corrected chi connectivity index (χ3v) is 3.57. The smallest absolute Gasteiger partial charge is 0.186 e. The highest BCUT2D eigenvalue weighted by atomic mass is 16.1. The summed E-state index contributed by atoms with van der Waals surface area (Å²) >= 11 is 0. The fourth-order valence-corrected chi connectivity index (χ4v) is 2.48. The zero-order chi connectivity index (χ0) is 14.8. The Morgan fingerprint density at radius 3 is 2.81 bits per heavy atom. The fourth-order valence-electron chi connectivity index (χ4n) is 2.48. The van der Waals surface area contributed by atoms with Crippen molar-refractivity contribution in [3.63, 3.8) is 0 Å². The molecule has 0 aliphatic rings. The number of hydrogen-bond acceptors (Lipinski definition) is 3. The lowest BCUT2D eigenvalue weighted by molar-refractivity contribution is 0.0979. The minimum Gasteiger partial charge on any atom is -0.351 e. The average molecular weight is 275 g/mol. The van der Waals surface area contributed by atoms with Crippen molar-refractivity contribution in [1.82, 2.24) is 9.55 Å². The van der Waals surface area contributed by atoms with Gasteiger partial charge < -0.3 is 4.57 Å². The van der Waals surface area contributed by atoms with Crippen LogP contribution in [0.5, 0.6) is 0 Å². The van der Waals surface area contributed by atoms with Crippen LogP contribution in [0.15, 0.2) is 54.9 Å². The van der Waals surface area contributed by atoms with E-state index in [1.807, 2.05) is 36.0 Å². The van der Waals surface area contributed by atoms with E-state index in [9.17, 15) is 10.1 Å². The van der Waals surface area contributed by atoms with Crippen LogP contribution in [0.3, 0.4) is 0 Å². The molecule has 0 fully saturated rings. The van der Waals surface area contributed by atoms with Gasteiger partial charge in [-0.05, 0) is 24.3 Å². The number of benzene rings is 1. The number of ketones is 1. The predicted molar refractivity (Wildman–Crippen MR) is 79.8 cm³/mol. The van der Waals surface area contributed by atoms with Crippen LogP contribution in [0.25, 0.3) is 10.9 Å². The molecule has 0 aliphatic carbocycles. The second-order valence-corrected chi connectivity index (χ2v) is 4.85. The Balaban J connectivity index is 2.10. The van der Waals surface area contributed by atoms with Crippen LogP contribution in [0.2, 0.25) is 0 Å². The largest absolute Gasteiger partial charge is 0.351 e. The first-order chi connectivity index (χ1) is 10.2. The van der Waals surface area contributed by atoms with Gasteiger partial charge in [0.1, 0.15) is 0 Å². The van der Waals surface area contributed by atoms with Gasteiger partial charge in [0.2, 0.25) is 0 Å². The number of pyridine rings is 1.